The summed E-state index contributed by atoms with van der Waals surface area (Å²) in [5.74, 6) is -1.28. The number of hydrogen-bond donors (Lipinski definition) is 1. The average Bonchev–Trinajstić information content (AvgIpc) is 2.27. The van der Waals surface area contributed by atoms with Crippen LogP contribution in [0.15, 0.2) is 0 Å². The van der Waals surface area contributed by atoms with E-state index in [9.17, 15) is 8.42 Å². The molecule has 0 spiro atoms. The zero-order chi connectivity index (χ0) is 10.1. The predicted molar refractivity (Wildman–Crippen MR) is 46.0 cm³/mol. The Bertz CT molecular complexity index is 273. The van der Waals surface area contributed by atoms with Crippen molar-refractivity contribution < 1.29 is 23.0 Å². The Hall–Kier alpha value is -0.170. The first-order valence-corrected chi connectivity index (χ1v) is 6.01. The van der Waals surface area contributed by atoms with E-state index in [0.717, 1.165) is 6.26 Å². The molecular formula is C7H14O5S. The molecule has 1 fully saturated rings. The van der Waals surface area contributed by atoms with Crippen LogP contribution < -0.4 is 0 Å². The minimum absolute atomic E-state index is 0.153. The highest BCUT2D eigenvalue weighted by atomic mass is 32.2. The van der Waals surface area contributed by atoms with E-state index in [-0.39, 0.29) is 19.0 Å². The third-order valence-electron chi connectivity index (χ3n) is 1.72. The third kappa shape index (κ3) is 3.22. The van der Waals surface area contributed by atoms with Gasteiger partial charge in [0.2, 0.25) is 0 Å². The molecule has 78 valence electrons. The van der Waals surface area contributed by atoms with E-state index < -0.39 is 21.7 Å². The van der Waals surface area contributed by atoms with Crippen LogP contribution in [0.4, 0.5) is 0 Å². The molecule has 1 aliphatic heterocycles. The first-order valence-electron chi connectivity index (χ1n) is 3.95. The molecule has 0 amide bonds. The molecule has 0 aromatic rings. The molecule has 1 saturated heterocycles. The van der Waals surface area contributed by atoms with Gasteiger partial charge in [0.05, 0.1) is 13.2 Å². The fourth-order valence-electron chi connectivity index (χ4n) is 1.33. The van der Waals surface area contributed by atoms with E-state index in [1.54, 1.807) is 6.92 Å². The molecule has 0 saturated carbocycles. The van der Waals surface area contributed by atoms with Crippen molar-refractivity contribution in [3.63, 3.8) is 0 Å². The summed E-state index contributed by atoms with van der Waals surface area (Å²) < 4.78 is 32.3. The summed E-state index contributed by atoms with van der Waals surface area (Å²) in [6, 6.07) is 0. The van der Waals surface area contributed by atoms with Gasteiger partial charge in [-0.2, -0.15) is 0 Å². The predicted octanol–water partition coefficient (Wildman–Crippen LogP) is -0.845. The second-order valence-electron chi connectivity index (χ2n) is 3.44. The zero-order valence-electron chi connectivity index (χ0n) is 7.69. The number of sulfone groups is 1. The van der Waals surface area contributed by atoms with Crippen LogP contribution >= 0.6 is 0 Å². The van der Waals surface area contributed by atoms with Gasteiger partial charge in [0, 0.05) is 6.26 Å². The van der Waals surface area contributed by atoms with Crippen molar-refractivity contribution in [1.29, 1.82) is 0 Å². The van der Waals surface area contributed by atoms with Crippen molar-refractivity contribution in [3.8, 4) is 0 Å². The van der Waals surface area contributed by atoms with E-state index in [1.165, 1.54) is 0 Å². The quantitative estimate of drug-likeness (QED) is 0.657. The fourth-order valence-corrected chi connectivity index (χ4v) is 2.44. The maximum atomic E-state index is 11.0. The summed E-state index contributed by atoms with van der Waals surface area (Å²) >= 11 is 0. The Morgan fingerprint density at radius 1 is 1.62 bits per heavy atom. The summed E-state index contributed by atoms with van der Waals surface area (Å²) in [5, 5.41) is 8.74. The van der Waals surface area contributed by atoms with Gasteiger partial charge in [0.1, 0.15) is 11.9 Å². The van der Waals surface area contributed by atoms with Crippen molar-refractivity contribution in [1.82, 2.24) is 0 Å². The summed E-state index contributed by atoms with van der Waals surface area (Å²) in [4.78, 5) is 0. The lowest BCUT2D eigenvalue weighted by molar-refractivity contribution is -0.139. The van der Waals surface area contributed by atoms with Crippen LogP contribution in [0, 0.1) is 0 Å². The van der Waals surface area contributed by atoms with Gasteiger partial charge in [-0.3, -0.25) is 0 Å². The number of aliphatic hydroxyl groups excluding tert-OH is 1. The highest BCUT2D eigenvalue weighted by Gasteiger charge is 2.39. The van der Waals surface area contributed by atoms with Crippen LogP contribution in [0.3, 0.4) is 0 Å². The van der Waals surface area contributed by atoms with E-state index >= 15 is 0 Å². The molecule has 2 atom stereocenters. The Morgan fingerprint density at radius 2 is 2.23 bits per heavy atom. The van der Waals surface area contributed by atoms with E-state index in [1.807, 2.05) is 0 Å². The third-order valence-corrected chi connectivity index (χ3v) is 2.77. The summed E-state index contributed by atoms with van der Waals surface area (Å²) in [5.41, 5.74) is 0. The molecule has 0 unspecified atom stereocenters. The van der Waals surface area contributed by atoms with Crippen molar-refractivity contribution in [3.05, 3.63) is 0 Å². The molecule has 6 heteroatoms. The van der Waals surface area contributed by atoms with Crippen LogP contribution in [0.1, 0.15) is 6.92 Å². The minimum Gasteiger partial charge on any atom is -0.394 e. The Kier molecular flexibility index (Phi) is 2.96. The molecule has 0 bridgehead atoms. The molecule has 0 radical (unpaired) electrons. The van der Waals surface area contributed by atoms with Crippen LogP contribution in [-0.4, -0.2) is 50.6 Å². The number of rotatable bonds is 3. The van der Waals surface area contributed by atoms with Gasteiger partial charge in [0.25, 0.3) is 0 Å². The minimum atomic E-state index is -3.13. The lowest BCUT2D eigenvalue weighted by Gasteiger charge is -2.21. The lowest BCUT2D eigenvalue weighted by Crippen LogP contribution is -2.35. The molecular weight excluding hydrogens is 196 g/mol. The summed E-state index contributed by atoms with van der Waals surface area (Å²) in [7, 11) is -3.13. The highest BCUT2D eigenvalue weighted by Crippen LogP contribution is 2.24. The van der Waals surface area contributed by atoms with Crippen LogP contribution in [-0.2, 0) is 19.3 Å². The van der Waals surface area contributed by atoms with Crippen molar-refractivity contribution in [2.24, 2.45) is 0 Å². The van der Waals surface area contributed by atoms with E-state index in [2.05, 4.69) is 0 Å². The topological polar surface area (TPSA) is 72.8 Å². The maximum Gasteiger partial charge on any atom is 0.180 e. The van der Waals surface area contributed by atoms with Crippen molar-refractivity contribution >= 4 is 9.84 Å². The molecule has 1 aliphatic rings. The van der Waals surface area contributed by atoms with Gasteiger partial charge in [0.15, 0.2) is 15.6 Å². The molecule has 13 heavy (non-hydrogen) atoms. The molecule has 5 nitrogen and oxygen atoms in total. The smallest absolute Gasteiger partial charge is 0.180 e. The van der Waals surface area contributed by atoms with Crippen molar-refractivity contribution in [2.45, 2.75) is 18.8 Å². The average molecular weight is 210 g/mol. The standard InChI is InChI=1S/C7H14O5S/c1-7(5-13(2,9)10)11-4-6(3-8)12-7/h6,8H,3-5H2,1-2H3/t6-,7+/m1/s1. The zero-order valence-corrected chi connectivity index (χ0v) is 8.50. The van der Waals surface area contributed by atoms with Gasteiger partial charge < -0.3 is 14.6 Å². The molecule has 1 N–H and O–H groups in total. The van der Waals surface area contributed by atoms with Gasteiger partial charge >= 0.3 is 0 Å². The Morgan fingerprint density at radius 3 is 2.62 bits per heavy atom. The van der Waals surface area contributed by atoms with Crippen molar-refractivity contribution in [2.75, 3.05) is 25.2 Å². The van der Waals surface area contributed by atoms with E-state index in [4.69, 9.17) is 14.6 Å². The van der Waals surface area contributed by atoms with Gasteiger partial charge in [-0.05, 0) is 6.92 Å². The maximum absolute atomic E-state index is 11.0. The fraction of sp³-hybridized carbons (Fsp3) is 1.00. The first kappa shape index (κ1) is 10.9. The first-order chi connectivity index (χ1) is 5.85. The lowest BCUT2D eigenvalue weighted by atomic mass is 10.4. The molecule has 0 aromatic carbocycles. The second-order valence-corrected chi connectivity index (χ2v) is 5.58. The van der Waals surface area contributed by atoms with Gasteiger partial charge in [-0.1, -0.05) is 0 Å². The Labute approximate surface area is 77.6 Å². The monoisotopic (exact) mass is 210 g/mol. The van der Waals surface area contributed by atoms with Gasteiger partial charge in [-0.15, -0.1) is 0 Å². The Balaban J connectivity index is 2.60. The SMILES string of the molecule is C[C@]1(CS(C)(=O)=O)OC[C@@H](CO)O1. The molecule has 0 aromatic heterocycles. The van der Waals surface area contributed by atoms with Crippen LogP contribution in [0.5, 0.6) is 0 Å². The summed E-state index contributed by atoms with van der Waals surface area (Å²) in [6.45, 7) is 1.64. The molecule has 1 heterocycles. The number of ether oxygens (including phenoxy) is 2. The van der Waals surface area contributed by atoms with Crippen LogP contribution in [0.25, 0.3) is 0 Å². The van der Waals surface area contributed by atoms with Gasteiger partial charge in [-0.25, -0.2) is 8.42 Å². The second kappa shape index (κ2) is 3.53. The van der Waals surface area contributed by atoms with E-state index in [0.29, 0.717) is 0 Å². The highest BCUT2D eigenvalue weighted by molar-refractivity contribution is 7.90. The molecule has 0 aliphatic carbocycles. The number of hydrogen-bond acceptors (Lipinski definition) is 5. The number of aliphatic hydroxyl groups is 1. The normalized spacial score (nSPS) is 35.2. The largest absolute Gasteiger partial charge is 0.394 e. The molecule has 1 rings (SSSR count). The van der Waals surface area contributed by atoms with Crippen LogP contribution in [0.2, 0.25) is 0 Å². The summed E-state index contributed by atoms with van der Waals surface area (Å²) in [6.07, 6.45) is 0.712.